The minimum atomic E-state index is -4.22. The number of rotatable bonds is 7. The van der Waals surface area contributed by atoms with Crippen molar-refractivity contribution >= 4 is 33.2 Å². The van der Waals surface area contributed by atoms with E-state index in [2.05, 4.69) is 0 Å². The highest BCUT2D eigenvalue weighted by Crippen LogP contribution is 2.32. The normalized spacial score (nSPS) is 11.2. The summed E-state index contributed by atoms with van der Waals surface area (Å²) in [6.45, 7) is 5.28. The van der Waals surface area contributed by atoms with E-state index < -0.39 is 22.5 Å². The van der Waals surface area contributed by atoms with E-state index in [4.69, 9.17) is 21.1 Å². The van der Waals surface area contributed by atoms with Crippen LogP contribution in [0, 0.1) is 20.8 Å². The first-order valence-corrected chi connectivity index (χ1v) is 11.6. The average molecular weight is 474 g/mol. The van der Waals surface area contributed by atoms with Crippen molar-refractivity contribution in [3.63, 3.8) is 0 Å². The van der Waals surface area contributed by atoms with Gasteiger partial charge in [-0.25, -0.2) is 8.42 Å². The molecular weight excluding hydrogens is 450 g/mol. The van der Waals surface area contributed by atoms with Gasteiger partial charge in [0.25, 0.3) is 15.9 Å². The number of nitrogens with zero attached hydrogens (tertiary/aromatic N) is 1. The first-order valence-electron chi connectivity index (χ1n) is 9.82. The maximum atomic E-state index is 13.4. The standard InChI is InChI=1S/C24H24ClNO5S/c1-16-12-17(2)18(3)23(13-16)31-15-24(27)26(19-10-11-22(30-4)21(25)14-19)32(28,29)20-8-6-5-7-9-20/h5-14H,15H2,1-4H3. The number of hydrogen-bond donors (Lipinski definition) is 0. The molecule has 0 spiro atoms. The molecule has 0 bridgehead atoms. The number of carbonyl (C=O) groups is 1. The molecule has 0 atom stereocenters. The van der Waals surface area contributed by atoms with Crippen molar-refractivity contribution in [2.24, 2.45) is 0 Å². The average Bonchev–Trinajstić information content (AvgIpc) is 2.76. The van der Waals surface area contributed by atoms with E-state index in [1.54, 1.807) is 18.2 Å². The van der Waals surface area contributed by atoms with Crippen LogP contribution in [0.2, 0.25) is 5.02 Å². The third kappa shape index (κ3) is 4.89. The Labute approximate surface area is 193 Å². The number of ether oxygens (including phenoxy) is 2. The maximum Gasteiger partial charge on any atom is 0.278 e. The van der Waals surface area contributed by atoms with E-state index in [1.807, 2.05) is 32.9 Å². The van der Waals surface area contributed by atoms with Gasteiger partial charge in [-0.1, -0.05) is 35.9 Å². The summed E-state index contributed by atoms with van der Waals surface area (Å²) in [5.74, 6) is 0.136. The van der Waals surface area contributed by atoms with Gasteiger partial charge in [0.05, 0.1) is 22.7 Å². The van der Waals surface area contributed by atoms with Gasteiger partial charge in [-0.15, -0.1) is 0 Å². The Kier molecular flexibility index (Phi) is 7.11. The Balaban J connectivity index is 2.01. The van der Waals surface area contributed by atoms with E-state index in [0.717, 1.165) is 16.7 Å². The van der Waals surface area contributed by atoms with Gasteiger partial charge in [0, 0.05) is 0 Å². The van der Waals surface area contributed by atoms with Gasteiger partial charge in [-0.05, 0) is 73.9 Å². The third-order valence-electron chi connectivity index (χ3n) is 4.99. The summed E-state index contributed by atoms with van der Waals surface area (Å²) in [5.41, 5.74) is 2.97. The summed E-state index contributed by atoms with van der Waals surface area (Å²) >= 11 is 6.21. The number of halogens is 1. The van der Waals surface area contributed by atoms with Crippen molar-refractivity contribution in [3.05, 3.63) is 82.4 Å². The van der Waals surface area contributed by atoms with Crippen LogP contribution in [-0.4, -0.2) is 28.0 Å². The van der Waals surface area contributed by atoms with Crippen LogP contribution in [0.15, 0.2) is 65.6 Å². The Bertz CT molecular complexity index is 1240. The lowest BCUT2D eigenvalue weighted by molar-refractivity contribution is -0.119. The Morgan fingerprint density at radius 1 is 0.969 bits per heavy atom. The van der Waals surface area contributed by atoms with Crippen molar-refractivity contribution in [1.29, 1.82) is 0 Å². The highest BCUT2D eigenvalue weighted by atomic mass is 35.5. The highest BCUT2D eigenvalue weighted by molar-refractivity contribution is 7.93. The van der Waals surface area contributed by atoms with Crippen molar-refractivity contribution in [2.75, 3.05) is 18.0 Å². The van der Waals surface area contributed by atoms with Gasteiger partial charge in [-0.2, -0.15) is 4.31 Å². The van der Waals surface area contributed by atoms with E-state index in [-0.39, 0.29) is 15.6 Å². The molecule has 3 aromatic carbocycles. The molecule has 3 rings (SSSR count). The molecule has 0 aliphatic carbocycles. The first kappa shape index (κ1) is 23.6. The minimum absolute atomic E-state index is 0.0251. The van der Waals surface area contributed by atoms with E-state index in [9.17, 15) is 13.2 Å². The minimum Gasteiger partial charge on any atom is -0.495 e. The zero-order valence-electron chi connectivity index (χ0n) is 18.3. The quantitative estimate of drug-likeness (QED) is 0.478. The summed E-state index contributed by atoms with van der Waals surface area (Å²) < 4.78 is 38.4. The fraction of sp³-hybridized carbons (Fsp3) is 0.208. The SMILES string of the molecule is COc1ccc(N(C(=O)COc2cc(C)cc(C)c2C)S(=O)(=O)c2ccccc2)cc1Cl. The molecular formula is C24H24ClNO5S. The van der Waals surface area contributed by atoms with Gasteiger partial charge in [0.2, 0.25) is 0 Å². The van der Waals surface area contributed by atoms with Crippen molar-refractivity contribution < 1.29 is 22.7 Å². The number of anilines is 1. The summed E-state index contributed by atoms with van der Waals surface area (Å²) in [5, 5.41) is 0.178. The van der Waals surface area contributed by atoms with Crippen LogP contribution in [0.3, 0.4) is 0 Å². The molecule has 0 unspecified atom stereocenters. The summed E-state index contributed by atoms with van der Waals surface area (Å²) in [4.78, 5) is 13.2. The van der Waals surface area contributed by atoms with Crippen molar-refractivity contribution in [2.45, 2.75) is 25.7 Å². The molecule has 168 valence electrons. The predicted molar refractivity (Wildman–Crippen MR) is 125 cm³/mol. The van der Waals surface area contributed by atoms with Crippen LogP contribution in [0.1, 0.15) is 16.7 Å². The van der Waals surface area contributed by atoms with Crippen LogP contribution < -0.4 is 13.8 Å². The Hall–Kier alpha value is -3.03. The number of hydrogen-bond acceptors (Lipinski definition) is 5. The molecule has 3 aromatic rings. The van der Waals surface area contributed by atoms with Crippen LogP contribution in [-0.2, 0) is 14.8 Å². The molecule has 0 radical (unpaired) electrons. The molecule has 0 saturated carbocycles. The summed E-state index contributed by atoms with van der Waals surface area (Å²) in [6.07, 6.45) is 0. The first-order chi connectivity index (χ1) is 15.1. The van der Waals surface area contributed by atoms with Crippen molar-refractivity contribution in [1.82, 2.24) is 0 Å². The monoisotopic (exact) mass is 473 g/mol. The fourth-order valence-electron chi connectivity index (χ4n) is 3.25. The third-order valence-corrected chi connectivity index (χ3v) is 7.05. The van der Waals surface area contributed by atoms with E-state index in [0.29, 0.717) is 15.8 Å². The number of benzene rings is 3. The van der Waals surface area contributed by atoms with Crippen LogP contribution in [0.5, 0.6) is 11.5 Å². The molecule has 0 aliphatic rings. The fourth-order valence-corrected chi connectivity index (χ4v) is 4.92. The smallest absolute Gasteiger partial charge is 0.278 e. The molecule has 0 aliphatic heterocycles. The molecule has 0 heterocycles. The molecule has 0 saturated heterocycles. The van der Waals surface area contributed by atoms with Gasteiger partial charge < -0.3 is 9.47 Å². The molecule has 0 N–H and O–H groups in total. The van der Waals surface area contributed by atoms with Crippen LogP contribution in [0.4, 0.5) is 5.69 Å². The maximum absolute atomic E-state index is 13.4. The summed E-state index contributed by atoms with van der Waals surface area (Å²) in [6, 6.07) is 15.9. The number of sulfonamides is 1. The lowest BCUT2D eigenvalue weighted by Gasteiger charge is -2.23. The van der Waals surface area contributed by atoms with Gasteiger partial charge in [0.1, 0.15) is 11.5 Å². The topological polar surface area (TPSA) is 72.9 Å². The second kappa shape index (κ2) is 9.63. The van der Waals surface area contributed by atoms with Crippen LogP contribution >= 0.6 is 11.6 Å². The zero-order valence-corrected chi connectivity index (χ0v) is 19.8. The number of methoxy groups -OCH3 is 1. The lowest BCUT2D eigenvalue weighted by Crippen LogP contribution is -2.40. The molecule has 6 nitrogen and oxygen atoms in total. The van der Waals surface area contributed by atoms with Crippen LogP contribution in [0.25, 0.3) is 0 Å². The van der Waals surface area contributed by atoms with Crippen molar-refractivity contribution in [3.8, 4) is 11.5 Å². The molecule has 8 heteroatoms. The van der Waals surface area contributed by atoms with E-state index >= 15 is 0 Å². The Morgan fingerprint density at radius 2 is 1.66 bits per heavy atom. The van der Waals surface area contributed by atoms with E-state index in [1.165, 1.54) is 37.4 Å². The van der Waals surface area contributed by atoms with Gasteiger partial charge in [-0.3, -0.25) is 4.79 Å². The molecule has 0 fully saturated rings. The Morgan fingerprint density at radius 3 is 2.28 bits per heavy atom. The molecule has 1 amide bonds. The molecule has 32 heavy (non-hydrogen) atoms. The number of carbonyl (C=O) groups excluding carboxylic acids is 1. The zero-order chi connectivity index (χ0) is 23.5. The second-order valence-corrected chi connectivity index (χ2v) is 9.48. The summed E-state index contributed by atoms with van der Waals surface area (Å²) in [7, 11) is -2.77. The largest absolute Gasteiger partial charge is 0.495 e. The number of amides is 1. The highest BCUT2D eigenvalue weighted by Gasteiger charge is 2.32. The molecule has 0 aromatic heterocycles. The van der Waals surface area contributed by atoms with Gasteiger partial charge >= 0.3 is 0 Å². The predicted octanol–water partition coefficient (Wildman–Crippen LogP) is 5.07. The second-order valence-electron chi connectivity index (χ2n) is 7.29. The number of aryl methyl sites for hydroxylation is 2. The van der Waals surface area contributed by atoms with Gasteiger partial charge in [0.15, 0.2) is 6.61 Å². The lowest BCUT2D eigenvalue weighted by atomic mass is 10.1.